The van der Waals surface area contributed by atoms with Gasteiger partial charge in [0.05, 0.1) is 21.1 Å². The van der Waals surface area contributed by atoms with Crippen molar-refractivity contribution in [2.24, 2.45) is 0 Å². The topological polar surface area (TPSA) is 59.1 Å². The molecule has 2 heterocycles. The van der Waals surface area contributed by atoms with Crippen molar-refractivity contribution in [2.75, 3.05) is 4.72 Å². The molecule has 23 heavy (non-hydrogen) atoms. The number of sulfonamides is 1. The lowest BCUT2D eigenvalue weighted by Gasteiger charge is -2.23. The molecule has 0 amide bonds. The van der Waals surface area contributed by atoms with Crippen LogP contribution in [-0.2, 0) is 10.0 Å². The van der Waals surface area contributed by atoms with E-state index in [1.54, 1.807) is 12.3 Å². The smallest absolute Gasteiger partial charge is 0.262 e. The third-order valence-corrected chi connectivity index (χ3v) is 5.62. The van der Waals surface area contributed by atoms with Crippen LogP contribution in [0.15, 0.2) is 41.4 Å². The molecule has 3 aromatic rings. The van der Waals surface area contributed by atoms with Gasteiger partial charge in [-0.2, -0.15) is 0 Å². The summed E-state index contributed by atoms with van der Waals surface area (Å²) in [5.41, 5.74) is 2.70. The molecule has 0 radical (unpaired) electrons. The maximum absolute atomic E-state index is 13.9. The van der Waals surface area contributed by atoms with Gasteiger partial charge in [0.1, 0.15) is 5.82 Å². The van der Waals surface area contributed by atoms with Crippen LogP contribution in [-0.4, -0.2) is 13.4 Å². The molecule has 0 bridgehead atoms. The van der Waals surface area contributed by atoms with Crippen molar-refractivity contribution >= 4 is 38.2 Å². The average molecular weight is 349 g/mol. The van der Waals surface area contributed by atoms with E-state index in [0.29, 0.717) is 16.8 Å². The third kappa shape index (κ3) is 2.02. The van der Waals surface area contributed by atoms with Gasteiger partial charge in [-0.3, -0.25) is 9.71 Å². The summed E-state index contributed by atoms with van der Waals surface area (Å²) in [6.45, 7) is 1.90. The van der Waals surface area contributed by atoms with Gasteiger partial charge in [-0.15, -0.1) is 0 Å². The number of nitrogens with zero attached hydrogens (tertiary/aromatic N) is 1. The maximum atomic E-state index is 13.9. The second kappa shape index (κ2) is 4.66. The predicted octanol–water partition coefficient (Wildman–Crippen LogP) is 4.12. The number of nitrogens with one attached hydrogen (secondary N) is 1. The van der Waals surface area contributed by atoms with Crippen molar-refractivity contribution < 1.29 is 12.8 Å². The molecular formula is C16H10ClFN2O2S. The maximum Gasteiger partial charge on any atom is 0.262 e. The fourth-order valence-electron chi connectivity index (χ4n) is 2.88. The summed E-state index contributed by atoms with van der Waals surface area (Å²) >= 11 is 5.75. The molecule has 0 aliphatic carbocycles. The van der Waals surface area contributed by atoms with Crippen molar-refractivity contribution in [2.45, 2.75) is 11.8 Å². The van der Waals surface area contributed by atoms with Crippen molar-refractivity contribution in [3.63, 3.8) is 0 Å². The van der Waals surface area contributed by atoms with Crippen LogP contribution in [0.25, 0.3) is 22.0 Å². The van der Waals surface area contributed by atoms with Crippen molar-refractivity contribution in [3.05, 3.63) is 52.9 Å². The molecule has 0 atom stereocenters. The summed E-state index contributed by atoms with van der Waals surface area (Å²) in [6.07, 6.45) is 1.59. The summed E-state index contributed by atoms with van der Waals surface area (Å²) in [7, 11) is -3.84. The zero-order chi connectivity index (χ0) is 16.4. The number of aromatic nitrogens is 1. The molecule has 0 saturated heterocycles. The van der Waals surface area contributed by atoms with E-state index in [9.17, 15) is 12.8 Å². The summed E-state index contributed by atoms with van der Waals surface area (Å²) in [5.74, 6) is -0.660. The fourth-order valence-corrected chi connectivity index (χ4v) is 4.43. The molecule has 0 unspecified atom stereocenters. The molecule has 0 spiro atoms. The largest absolute Gasteiger partial charge is 0.277 e. The molecule has 7 heteroatoms. The Kier molecular flexibility index (Phi) is 2.92. The molecule has 2 aromatic carbocycles. The van der Waals surface area contributed by atoms with Gasteiger partial charge >= 0.3 is 0 Å². The molecule has 0 saturated carbocycles. The second-order valence-corrected chi connectivity index (χ2v) is 7.44. The first-order chi connectivity index (χ1) is 10.9. The van der Waals surface area contributed by atoms with E-state index in [0.717, 1.165) is 23.1 Å². The number of halogens is 2. The third-order valence-electron chi connectivity index (χ3n) is 3.94. The summed E-state index contributed by atoms with van der Waals surface area (Å²) in [5, 5.41) is 0.611. The lowest BCUT2D eigenvalue weighted by Crippen LogP contribution is -2.20. The lowest BCUT2D eigenvalue weighted by molar-refractivity contribution is 0.599. The van der Waals surface area contributed by atoms with Gasteiger partial charge in [-0.1, -0.05) is 17.7 Å². The summed E-state index contributed by atoms with van der Waals surface area (Å²) in [6, 6.07) is 7.77. The van der Waals surface area contributed by atoms with Crippen molar-refractivity contribution in [1.29, 1.82) is 0 Å². The molecule has 0 fully saturated rings. The van der Waals surface area contributed by atoms with Crippen LogP contribution in [0.5, 0.6) is 0 Å². The van der Waals surface area contributed by atoms with E-state index >= 15 is 0 Å². The van der Waals surface area contributed by atoms with E-state index in [1.165, 1.54) is 0 Å². The normalized spacial score (nSPS) is 14.9. The Hall–Kier alpha value is -2.18. The molecule has 1 aliphatic rings. The van der Waals surface area contributed by atoms with Crippen LogP contribution in [0.2, 0.25) is 5.02 Å². The van der Waals surface area contributed by atoms with Crippen LogP contribution in [0.4, 0.5) is 10.1 Å². The summed E-state index contributed by atoms with van der Waals surface area (Å²) in [4.78, 5) is 4.25. The highest BCUT2D eigenvalue weighted by Crippen LogP contribution is 2.44. The molecule has 4 rings (SSSR count). The SMILES string of the molecule is Cc1cc2c(c3ncccc13)NS(=O)(=O)c1cc(Cl)c(F)cc1-2. The van der Waals surface area contributed by atoms with Crippen LogP contribution in [0.1, 0.15) is 5.56 Å². The monoisotopic (exact) mass is 348 g/mol. The second-order valence-electron chi connectivity index (χ2n) is 5.38. The fraction of sp³-hybridized carbons (Fsp3) is 0.0625. The van der Waals surface area contributed by atoms with Crippen LogP contribution in [0.3, 0.4) is 0 Å². The van der Waals surface area contributed by atoms with Gasteiger partial charge in [0, 0.05) is 22.7 Å². The quantitative estimate of drug-likeness (QED) is 0.665. The average Bonchev–Trinajstić information content (AvgIpc) is 2.51. The Morgan fingerprint density at radius 3 is 2.78 bits per heavy atom. The van der Waals surface area contributed by atoms with Crippen LogP contribution in [0, 0.1) is 12.7 Å². The highest BCUT2D eigenvalue weighted by Gasteiger charge is 2.30. The highest BCUT2D eigenvalue weighted by molar-refractivity contribution is 7.93. The zero-order valence-electron chi connectivity index (χ0n) is 11.9. The van der Waals surface area contributed by atoms with Gasteiger partial charge in [0.2, 0.25) is 0 Å². The highest BCUT2D eigenvalue weighted by atomic mass is 35.5. The van der Waals surface area contributed by atoms with Gasteiger partial charge in [-0.05, 0) is 36.8 Å². The first kappa shape index (κ1) is 14.4. The number of hydrogen-bond donors (Lipinski definition) is 1. The minimum absolute atomic E-state index is 0.0360. The number of fused-ring (bicyclic) bond motifs is 5. The Bertz CT molecular complexity index is 1100. The van der Waals surface area contributed by atoms with Crippen LogP contribution >= 0.6 is 11.6 Å². The first-order valence-corrected chi connectivity index (χ1v) is 8.65. The van der Waals surface area contributed by atoms with Gasteiger partial charge in [0.15, 0.2) is 0 Å². The number of hydrogen-bond acceptors (Lipinski definition) is 3. The van der Waals surface area contributed by atoms with Crippen LogP contribution < -0.4 is 4.72 Å². The Morgan fingerprint density at radius 1 is 1.22 bits per heavy atom. The van der Waals surface area contributed by atoms with Crippen molar-refractivity contribution in [1.82, 2.24) is 4.98 Å². The van der Waals surface area contributed by atoms with Gasteiger partial charge in [-0.25, -0.2) is 12.8 Å². The number of benzene rings is 2. The van der Waals surface area contributed by atoms with E-state index in [-0.39, 0.29) is 15.5 Å². The van der Waals surface area contributed by atoms with E-state index < -0.39 is 15.8 Å². The van der Waals surface area contributed by atoms with E-state index in [4.69, 9.17) is 11.6 Å². The van der Waals surface area contributed by atoms with Gasteiger partial charge in [0.25, 0.3) is 10.0 Å². The number of aryl methyl sites for hydroxylation is 1. The van der Waals surface area contributed by atoms with Gasteiger partial charge < -0.3 is 0 Å². The molecular weight excluding hydrogens is 339 g/mol. The number of pyridine rings is 1. The number of anilines is 1. The minimum atomic E-state index is -3.84. The Balaban J connectivity index is 2.20. The summed E-state index contributed by atoms with van der Waals surface area (Å²) < 4.78 is 41.5. The predicted molar refractivity (Wildman–Crippen MR) is 87.7 cm³/mol. The number of rotatable bonds is 0. The Morgan fingerprint density at radius 2 is 2.00 bits per heavy atom. The Labute approximate surface area is 137 Å². The van der Waals surface area contributed by atoms with E-state index in [1.807, 2.05) is 19.1 Å². The van der Waals surface area contributed by atoms with E-state index in [2.05, 4.69) is 9.71 Å². The molecule has 1 aliphatic heterocycles. The molecule has 1 aromatic heterocycles. The zero-order valence-corrected chi connectivity index (χ0v) is 13.5. The minimum Gasteiger partial charge on any atom is -0.277 e. The first-order valence-electron chi connectivity index (χ1n) is 6.79. The van der Waals surface area contributed by atoms with Crippen molar-refractivity contribution in [3.8, 4) is 11.1 Å². The lowest BCUT2D eigenvalue weighted by atomic mass is 9.97. The molecule has 4 nitrogen and oxygen atoms in total. The molecule has 116 valence electrons. The standard InChI is InChI=1S/C16H10ClFN2O2S/c1-8-5-11-10-6-13(18)12(17)7-14(10)23(21,22)20-16(11)15-9(8)3-2-4-19-15/h2-7,20H,1H3. The molecule has 1 N–H and O–H groups in total.